The summed E-state index contributed by atoms with van der Waals surface area (Å²) in [6.07, 6.45) is 5.43. The zero-order valence-corrected chi connectivity index (χ0v) is 13.2. The minimum atomic E-state index is 0.680. The molecule has 3 heteroatoms. The number of rotatable bonds is 3. The Labute approximate surface area is 119 Å². The normalized spacial score (nSPS) is 33.0. The third kappa shape index (κ3) is 5.05. The quantitative estimate of drug-likeness (QED) is 0.845. The maximum absolute atomic E-state index is 3.69. The van der Waals surface area contributed by atoms with Crippen molar-refractivity contribution in [3.8, 4) is 0 Å². The Kier molecular flexibility index (Phi) is 6.11. The number of hydrogen-bond donors (Lipinski definition) is 1. The van der Waals surface area contributed by atoms with Crippen molar-refractivity contribution in [2.45, 2.75) is 58.5 Å². The molecule has 0 aromatic heterocycles. The van der Waals surface area contributed by atoms with Gasteiger partial charge in [0.1, 0.15) is 0 Å². The van der Waals surface area contributed by atoms with Crippen molar-refractivity contribution >= 4 is 0 Å². The molecule has 2 atom stereocenters. The second-order valence-corrected chi connectivity index (χ2v) is 6.72. The molecule has 2 unspecified atom stereocenters. The SMILES string of the molecule is CCN1CCC(CN2CCC(C)NC(C)CC2)CC1. The highest BCUT2D eigenvalue weighted by Gasteiger charge is 2.22. The van der Waals surface area contributed by atoms with Gasteiger partial charge in [0.2, 0.25) is 0 Å². The molecule has 0 saturated carbocycles. The third-order valence-electron chi connectivity index (χ3n) is 5.00. The lowest BCUT2D eigenvalue weighted by atomic mass is 9.95. The van der Waals surface area contributed by atoms with Crippen molar-refractivity contribution in [1.29, 1.82) is 0 Å². The minimum Gasteiger partial charge on any atom is -0.312 e. The van der Waals surface area contributed by atoms with E-state index in [1.807, 2.05) is 0 Å². The Morgan fingerprint density at radius 3 is 1.89 bits per heavy atom. The second kappa shape index (κ2) is 7.61. The molecule has 0 amide bonds. The summed E-state index contributed by atoms with van der Waals surface area (Å²) in [6.45, 7) is 14.7. The van der Waals surface area contributed by atoms with E-state index in [0.29, 0.717) is 12.1 Å². The van der Waals surface area contributed by atoms with Gasteiger partial charge in [-0.1, -0.05) is 6.92 Å². The largest absolute Gasteiger partial charge is 0.312 e. The van der Waals surface area contributed by atoms with Crippen LogP contribution in [0, 0.1) is 5.92 Å². The molecule has 0 aromatic rings. The van der Waals surface area contributed by atoms with Crippen LogP contribution < -0.4 is 5.32 Å². The maximum Gasteiger partial charge on any atom is 0.00533 e. The summed E-state index contributed by atoms with van der Waals surface area (Å²) in [6, 6.07) is 1.36. The van der Waals surface area contributed by atoms with Crippen molar-refractivity contribution < 1.29 is 0 Å². The minimum absolute atomic E-state index is 0.680. The molecule has 2 fully saturated rings. The highest BCUT2D eigenvalue weighted by molar-refractivity contribution is 4.79. The lowest BCUT2D eigenvalue weighted by Gasteiger charge is -2.36. The van der Waals surface area contributed by atoms with Gasteiger partial charge < -0.3 is 15.1 Å². The first-order valence-corrected chi connectivity index (χ1v) is 8.38. The van der Waals surface area contributed by atoms with E-state index in [2.05, 4.69) is 35.9 Å². The summed E-state index contributed by atoms with van der Waals surface area (Å²) in [5.41, 5.74) is 0. The Morgan fingerprint density at radius 1 is 0.842 bits per heavy atom. The molecule has 2 heterocycles. The van der Waals surface area contributed by atoms with E-state index in [0.717, 1.165) is 5.92 Å². The van der Waals surface area contributed by atoms with Gasteiger partial charge in [0, 0.05) is 18.6 Å². The fourth-order valence-electron chi connectivity index (χ4n) is 3.55. The molecule has 3 nitrogen and oxygen atoms in total. The molecule has 2 aliphatic heterocycles. The summed E-state index contributed by atoms with van der Waals surface area (Å²) >= 11 is 0. The van der Waals surface area contributed by atoms with E-state index < -0.39 is 0 Å². The standard InChI is InChI=1S/C16H33N3/c1-4-18-11-7-16(8-12-18)13-19-9-5-14(2)17-15(3)6-10-19/h14-17H,4-13H2,1-3H3. The van der Waals surface area contributed by atoms with Crippen molar-refractivity contribution in [3.63, 3.8) is 0 Å². The van der Waals surface area contributed by atoms with Gasteiger partial charge >= 0.3 is 0 Å². The van der Waals surface area contributed by atoms with E-state index in [1.54, 1.807) is 0 Å². The van der Waals surface area contributed by atoms with Crippen LogP contribution in [0.3, 0.4) is 0 Å². The lowest BCUT2D eigenvalue weighted by Crippen LogP contribution is -2.45. The Hall–Kier alpha value is -0.120. The molecular formula is C16H33N3. The van der Waals surface area contributed by atoms with Crippen molar-refractivity contribution in [3.05, 3.63) is 0 Å². The zero-order valence-electron chi connectivity index (χ0n) is 13.2. The smallest absolute Gasteiger partial charge is 0.00533 e. The zero-order chi connectivity index (χ0) is 13.7. The molecule has 0 aliphatic carbocycles. The van der Waals surface area contributed by atoms with Crippen LogP contribution in [0.5, 0.6) is 0 Å². The molecule has 0 bridgehead atoms. The van der Waals surface area contributed by atoms with Crippen LogP contribution in [0.1, 0.15) is 46.5 Å². The maximum atomic E-state index is 3.69. The fraction of sp³-hybridized carbons (Fsp3) is 1.00. The molecule has 2 saturated heterocycles. The van der Waals surface area contributed by atoms with Crippen LogP contribution in [0.2, 0.25) is 0 Å². The molecule has 2 rings (SSSR count). The van der Waals surface area contributed by atoms with Crippen molar-refractivity contribution in [1.82, 2.24) is 15.1 Å². The number of likely N-dealkylation sites (tertiary alicyclic amines) is 1. The second-order valence-electron chi connectivity index (χ2n) is 6.72. The van der Waals surface area contributed by atoms with E-state index in [9.17, 15) is 0 Å². The summed E-state index contributed by atoms with van der Waals surface area (Å²) in [7, 11) is 0. The molecule has 0 spiro atoms. The van der Waals surface area contributed by atoms with Gasteiger partial charge in [-0.3, -0.25) is 0 Å². The highest BCUT2D eigenvalue weighted by Crippen LogP contribution is 2.19. The predicted octanol–water partition coefficient (Wildman–Crippen LogP) is 2.18. The van der Waals surface area contributed by atoms with Gasteiger partial charge in [-0.05, 0) is 78.2 Å². The van der Waals surface area contributed by atoms with E-state index >= 15 is 0 Å². The average molecular weight is 267 g/mol. The molecule has 19 heavy (non-hydrogen) atoms. The van der Waals surface area contributed by atoms with Crippen LogP contribution in [-0.2, 0) is 0 Å². The van der Waals surface area contributed by atoms with Gasteiger partial charge in [-0.15, -0.1) is 0 Å². The summed E-state index contributed by atoms with van der Waals surface area (Å²) in [5, 5.41) is 3.69. The van der Waals surface area contributed by atoms with E-state index in [-0.39, 0.29) is 0 Å². The Morgan fingerprint density at radius 2 is 1.37 bits per heavy atom. The van der Waals surface area contributed by atoms with Gasteiger partial charge in [-0.25, -0.2) is 0 Å². The van der Waals surface area contributed by atoms with Gasteiger partial charge in [-0.2, -0.15) is 0 Å². The summed E-state index contributed by atoms with van der Waals surface area (Å²) in [4.78, 5) is 5.33. The van der Waals surface area contributed by atoms with Gasteiger partial charge in [0.25, 0.3) is 0 Å². The fourth-order valence-corrected chi connectivity index (χ4v) is 3.55. The molecule has 2 aliphatic rings. The first-order valence-electron chi connectivity index (χ1n) is 8.38. The number of hydrogen-bond acceptors (Lipinski definition) is 3. The Balaban J connectivity index is 1.75. The molecular weight excluding hydrogens is 234 g/mol. The Bertz CT molecular complexity index is 236. The first-order chi connectivity index (χ1) is 9.17. The lowest BCUT2D eigenvalue weighted by molar-refractivity contribution is 0.135. The highest BCUT2D eigenvalue weighted by atomic mass is 15.2. The van der Waals surface area contributed by atoms with Crippen molar-refractivity contribution in [2.75, 3.05) is 39.3 Å². The van der Waals surface area contributed by atoms with Gasteiger partial charge in [0.15, 0.2) is 0 Å². The number of nitrogens with one attached hydrogen (secondary N) is 1. The van der Waals surface area contributed by atoms with Crippen LogP contribution in [0.15, 0.2) is 0 Å². The van der Waals surface area contributed by atoms with Crippen molar-refractivity contribution in [2.24, 2.45) is 5.92 Å². The van der Waals surface area contributed by atoms with Crippen LogP contribution >= 0.6 is 0 Å². The van der Waals surface area contributed by atoms with E-state index in [4.69, 9.17) is 0 Å². The van der Waals surface area contributed by atoms with E-state index in [1.165, 1.54) is 65.0 Å². The first kappa shape index (κ1) is 15.3. The predicted molar refractivity (Wildman–Crippen MR) is 82.6 cm³/mol. The van der Waals surface area contributed by atoms with Crippen LogP contribution in [0.4, 0.5) is 0 Å². The molecule has 0 radical (unpaired) electrons. The average Bonchev–Trinajstić information content (AvgIpc) is 2.41. The monoisotopic (exact) mass is 267 g/mol. The summed E-state index contributed by atoms with van der Waals surface area (Å²) < 4.78 is 0. The number of nitrogens with zero attached hydrogens (tertiary/aromatic N) is 2. The van der Waals surface area contributed by atoms with Crippen LogP contribution in [0.25, 0.3) is 0 Å². The van der Waals surface area contributed by atoms with Gasteiger partial charge in [0.05, 0.1) is 0 Å². The topological polar surface area (TPSA) is 18.5 Å². The number of piperidine rings is 1. The molecule has 0 aromatic carbocycles. The third-order valence-corrected chi connectivity index (χ3v) is 5.00. The molecule has 1 N–H and O–H groups in total. The van der Waals surface area contributed by atoms with Crippen LogP contribution in [-0.4, -0.2) is 61.2 Å². The molecule has 112 valence electrons. The summed E-state index contributed by atoms with van der Waals surface area (Å²) in [5.74, 6) is 0.945.